The third-order valence-corrected chi connectivity index (χ3v) is 4.94. The van der Waals surface area contributed by atoms with Gasteiger partial charge in [-0.3, -0.25) is 4.98 Å². The van der Waals surface area contributed by atoms with Crippen LogP contribution >= 0.6 is 0 Å². The Kier molecular flexibility index (Phi) is 8.54. The molecule has 3 nitrogen and oxygen atoms in total. The molecule has 0 unspecified atom stereocenters. The Morgan fingerprint density at radius 1 is 0.727 bits per heavy atom. The van der Waals surface area contributed by atoms with Gasteiger partial charge in [0.1, 0.15) is 0 Å². The maximum atomic E-state index is 4.38. The quantitative estimate of drug-likeness (QED) is 0.185. The molecule has 162 valence electrons. The van der Waals surface area contributed by atoms with Gasteiger partial charge in [0.25, 0.3) is 0 Å². The van der Waals surface area contributed by atoms with Crippen molar-refractivity contribution in [3.05, 3.63) is 141 Å². The van der Waals surface area contributed by atoms with Crippen LogP contribution in [0.25, 0.3) is 33.8 Å². The molecule has 0 spiro atoms. The summed E-state index contributed by atoms with van der Waals surface area (Å²) in [7, 11) is 3.93. The summed E-state index contributed by atoms with van der Waals surface area (Å²) in [5.74, 6) is 0. The molecule has 0 radical (unpaired) electrons. The fourth-order valence-electron chi connectivity index (χ4n) is 3.31. The van der Waals surface area contributed by atoms with Gasteiger partial charge in [-0.05, 0) is 29.5 Å². The summed E-state index contributed by atoms with van der Waals surface area (Å²) in [6.07, 6.45) is 5.53. The van der Waals surface area contributed by atoms with E-state index < -0.39 is 0 Å². The smallest absolute Gasteiger partial charge is 0.343 e. The Labute approximate surface area is 209 Å². The fourth-order valence-corrected chi connectivity index (χ4v) is 3.31. The van der Waals surface area contributed by atoms with Crippen LogP contribution in [0, 0.1) is 20.0 Å². The van der Waals surface area contributed by atoms with E-state index in [2.05, 4.69) is 36.1 Å². The van der Waals surface area contributed by atoms with E-state index in [1.165, 1.54) is 0 Å². The van der Waals surface area contributed by atoms with Crippen molar-refractivity contribution in [2.45, 2.75) is 0 Å². The molecule has 33 heavy (non-hydrogen) atoms. The van der Waals surface area contributed by atoms with Gasteiger partial charge in [0, 0.05) is 19.4 Å². The van der Waals surface area contributed by atoms with E-state index >= 15 is 0 Å². The predicted molar refractivity (Wildman–Crippen MR) is 129 cm³/mol. The zero-order chi connectivity index (χ0) is 22.2. The second kappa shape index (κ2) is 11.8. The van der Waals surface area contributed by atoms with Gasteiger partial charge in [0.15, 0.2) is 0 Å². The van der Waals surface area contributed by atoms with E-state index in [0.29, 0.717) is 0 Å². The topological polar surface area (TPSA) is 29.7 Å². The molecule has 0 bridgehead atoms. The van der Waals surface area contributed by atoms with Gasteiger partial charge < -0.3 is 9.55 Å². The first-order chi connectivity index (χ1) is 15.7. The van der Waals surface area contributed by atoms with Gasteiger partial charge in [0.05, 0.1) is 17.6 Å². The summed E-state index contributed by atoms with van der Waals surface area (Å²) < 4.78 is 1.85. The van der Waals surface area contributed by atoms with Crippen LogP contribution in [0.3, 0.4) is 0 Å². The van der Waals surface area contributed by atoms with Crippen LogP contribution < -0.4 is 4.57 Å². The molecule has 0 amide bonds. The summed E-state index contributed by atoms with van der Waals surface area (Å²) in [5, 5.41) is 0. The van der Waals surface area contributed by atoms with Crippen LogP contribution in [0.5, 0.6) is 0 Å². The average Bonchev–Trinajstić information content (AvgIpc) is 2.86. The molecule has 5 aromatic rings. The maximum absolute atomic E-state index is 4.38. The van der Waals surface area contributed by atoms with Crippen LogP contribution in [-0.4, -0.2) is 9.97 Å². The number of aromatic nitrogens is 3. The van der Waals surface area contributed by atoms with Crippen molar-refractivity contribution in [2.24, 2.45) is 0 Å². The standard InChI is InChI=1S/C16H11N2.C13H12N.Ir/c1-2-6-13(7-3-1)16-12-14(9-11-18-16)15-8-4-5-10-17-15;1-11-7-3-4-8-12(11)13-9-5-6-10-14(13)2;/h1-6,8-12H;3-10H,1-2H2;/q2*-1;+3. The number of pyridine rings is 3. The Morgan fingerprint density at radius 3 is 2.21 bits per heavy atom. The molecule has 0 N–H and O–H groups in total. The summed E-state index contributed by atoms with van der Waals surface area (Å²) >= 11 is 0. The van der Waals surface area contributed by atoms with Crippen molar-refractivity contribution in [1.82, 2.24) is 9.97 Å². The van der Waals surface area contributed by atoms with Crippen LogP contribution in [0.2, 0.25) is 0 Å². The zero-order valence-electron chi connectivity index (χ0n) is 18.1. The molecular formula is C29H23IrN3+. The molecule has 3 heterocycles. The minimum atomic E-state index is 0. The molecular weight excluding hydrogens is 583 g/mol. The van der Waals surface area contributed by atoms with E-state index in [9.17, 15) is 0 Å². The molecule has 0 aliphatic heterocycles. The van der Waals surface area contributed by atoms with Gasteiger partial charge in [-0.1, -0.05) is 36.4 Å². The predicted octanol–water partition coefficient (Wildman–Crippen LogP) is 6.07. The molecule has 0 atom stereocenters. The van der Waals surface area contributed by atoms with Gasteiger partial charge in [-0.25, -0.2) is 0 Å². The molecule has 5 rings (SSSR count). The first kappa shape index (κ1) is 23.9. The average molecular weight is 606 g/mol. The van der Waals surface area contributed by atoms with E-state index in [0.717, 1.165) is 39.3 Å². The Balaban J connectivity index is 0.000000186. The first-order valence-corrected chi connectivity index (χ1v) is 10.3. The monoisotopic (exact) mass is 606 g/mol. The molecule has 0 fully saturated rings. The minimum Gasteiger partial charge on any atom is -0.343 e. The summed E-state index contributed by atoms with van der Waals surface area (Å²) in [4.78, 5) is 8.72. The summed E-state index contributed by atoms with van der Waals surface area (Å²) in [5.41, 5.74) is 7.17. The van der Waals surface area contributed by atoms with Crippen molar-refractivity contribution in [1.29, 1.82) is 0 Å². The molecule has 0 aliphatic carbocycles. The first-order valence-electron chi connectivity index (χ1n) is 10.3. The Morgan fingerprint density at radius 2 is 1.48 bits per heavy atom. The van der Waals surface area contributed by atoms with Crippen LogP contribution in [0.1, 0.15) is 5.56 Å². The molecule has 0 saturated heterocycles. The Hall–Kier alpha value is -3.72. The van der Waals surface area contributed by atoms with E-state index in [-0.39, 0.29) is 20.1 Å². The molecule has 3 aromatic heterocycles. The zero-order valence-corrected chi connectivity index (χ0v) is 20.5. The van der Waals surface area contributed by atoms with Crippen LogP contribution in [-0.2, 0) is 20.1 Å². The second-order valence-electron chi connectivity index (χ2n) is 7.13. The van der Waals surface area contributed by atoms with E-state index in [4.69, 9.17) is 0 Å². The van der Waals surface area contributed by atoms with Crippen molar-refractivity contribution in [2.75, 3.05) is 0 Å². The maximum Gasteiger partial charge on any atom is 3.00 e. The van der Waals surface area contributed by atoms with Gasteiger partial charge in [-0.15, -0.1) is 53.6 Å². The molecule has 2 aromatic carbocycles. The van der Waals surface area contributed by atoms with Crippen molar-refractivity contribution >= 4 is 0 Å². The minimum absolute atomic E-state index is 0. The van der Waals surface area contributed by atoms with E-state index in [1.807, 2.05) is 102 Å². The number of hydrogen-bond acceptors (Lipinski definition) is 2. The number of rotatable bonds is 3. The molecule has 4 heteroatoms. The SMILES string of the molecule is [CH2-]c1ccccc1-c1cccc[n+]1[CH2-].[Ir+3].[c-]1ccccc1-c1cc(-c2ccccn2)ccn1. The van der Waals surface area contributed by atoms with Crippen LogP contribution in [0.4, 0.5) is 0 Å². The number of hydrogen-bond donors (Lipinski definition) is 0. The summed E-state index contributed by atoms with van der Waals surface area (Å²) in [6.45, 7) is 4.00. The van der Waals surface area contributed by atoms with Gasteiger partial charge >= 0.3 is 20.1 Å². The largest absolute Gasteiger partial charge is 3.00 e. The van der Waals surface area contributed by atoms with Crippen molar-refractivity contribution in [3.8, 4) is 33.8 Å². The van der Waals surface area contributed by atoms with Crippen molar-refractivity contribution in [3.63, 3.8) is 0 Å². The third kappa shape index (κ3) is 6.17. The number of nitrogens with zero attached hydrogens (tertiary/aromatic N) is 3. The van der Waals surface area contributed by atoms with Crippen molar-refractivity contribution < 1.29 is 24.7 Å². The fraction of sp³-hybridized carbons (Fsp3) is 0. The molecule has 0 saturated carbocycles. The van der Waals surface area contributed by atoms with Gasteiger partial charge in [0.2, 0.25) is 0 Å². The third-order valence-electron chi connectivity index (χ3n) is 4.94. The van der Waals surface area contributed by atoms with E-state index in [1.54, 1.807) is 12.4 Å². The second-order valence-corrected chi connectivity index (χ2v) is 7.13. The Bertz CT molecular complexity index is 1190. The molecule has 0 aliphatic rings. The van der Waals surface area contributed by atoms with Crippen LogP contribution in [0.15, 0.2) is 116 Å². The van der Waals surface area contributed by atoms with Gasteiger partial charge in [-0.2, -0.15) is 18.6 Å². The normalized spacial score (nSPS) is 9.82. The number of benzene rings is 2. The summed E-state index contributed by atoms with van der Waals surface area (Å²) in [6, 6.07) is 35.0.